The SMILES string of the molecule is CC1CC(C)C(C)C(C)C1.CC1CCC(C)C(C)C1.CC1CCC(C)CC1.O.O.O. The van der Waals surface area contributed by atoms with Crippen LogP contribution in [0.2, 0.25) is 0 Å². The van der Waals surface area contributed by atoms with Crippen molar-refractivity contribution < 1.29 is 16.4 Å². The quantitative estimate of drug-likeness (QED) is 0.404. The summed E-state index contributed by atoms with van der Waals surface area (Å²) >= 11 is 0. The summed E-state index contributed by atoms with van der Waals surface area (Å²) in [6.45, 7) is 21.5. The van der Waals surface area contributed by atoms with Crippen LogP contribution in [0.15, 0.2) is 0 Å². The first kappa shape index (κ1) is 34.5. The van der Waals surface area contributed by atoms with Gasteiger partial charge in [0.05, 0.1) is 0 Å². The monoisotopic (exact) mass is 432 g/mol. The van der Waals surface area contributed by atoms with Crippen molar-refractivity contribution in [3.63, 3.8) is 0 Å². The van der Waals surface area contributed by atoms with Crippen molar-refractivity contribution in [3.8, 4) is 0 Å². The van der Waals surface area contributed by atoms with E-state index in [1.165, 1.54) is 57.8 Å². The Bertz CT molecular complexity index is 356. The molecule has 5 unspecified atom stereocenters. The molecule has 3 aliphatic rings. The van der Waals surface area contributed by atoms with Gasteiger partial charge in [0.15, 0.2) is 0 Å². The molecule has 3 nitrogen and oxygen atoms in total. The number of rotatable bonds is 0. The molecule has 0 spiro atoms. The lowest BCUT2D eigenvalue weighted by Crippen LogP contribution is -2.26. The van der Waals surface area contributed by atoms with Crippen LogP contribution in [0.1, 0.15) is 120 Å². The van der Waals surface area contributed by atoms with E-state index in [2.05, 4.69) is 62.3 Å². The van der Waals surface area contributed by atoms with Crippen LogP contribution in [-0.2, 0) is 0 Å². The molecule has 186 valence electrons. The van der Waals surface area contributed by atoms with Crippen molar-refractivity contribution in [3.05, 3.63) is 0 Å². The molecule has 3 fully saturated rings. The maximum absolute atomic E-state index is 2.40. The average molecular weight is 433 g/mol. The van der Waals surface area contributed by atoms with E-state index >= 15 is 0 Å². The fraction of sp³-hybridized carbons (Fsp3) is 1.00. The highest BCUT2D eigenvalue weighted by Gasteiger charge is 2.27. The van der Waals surface area contributed by atoms with Crippen molar-refractivity contribution in [2.75, 3.05) is 0 Å². The second-order valence-electron chi connectivity index (χ2n) is 11.6. The molecular formula is C27H60O3. The summed E-state index contributed by atoms with van der Waals surface area (Å²) in [6.07, 6.45) is 13.2. The molecule has 3 saturated carbocycles. The van der Waals surface area contributed by atoms with Crippen LogP contribution in [0.3, 0.4) is 0 Å². The van der Waals surface area contributed by atoms with Gasteiger partial charge in [0.1, 0.15) is 0 Å². The zero-order valence-electron chi connectivity index (χ0n) is 22.1. The van der Waals surface area contributed by atoms with E-state index in [-0.39, 0.29) is 16.4 Å². The molecular weight excluding hydrogens is 372 g/mol. The standard InChI is InChI=1S/C10H20.C9H18.C8H16.3H2O/c1-7-5-8(2)10(4)9(3)6-7;1-7-4-5-8(2)9(3)6-7;1-7-3-5-8(2)6-4-7;;;/h7-10H,5-6H2,1-4H3;7-9H,4-6H2,1-3H3;7-8H,3-6H2,1-2H3;3*1H2. The molecule has 0 radical (unpaired) electrons. The van der Waals surface area contributed by atoms with Crippen molar-refractivity contribution in [1.82, 2.24) is 0 Å². The highest BCUT2D eigenvalue weighted by atomic mass is 16.0. The highest BCUT2D eigenvalue weighted by Crippen LogP contribution is 2.37. The van der Waals surface area contributed by atoms with E-state index in [1.54, 1.807) is 0 Å². The predicted molar refractivity (Wildman–Crippen MR) is 135 cm³/mol. The minimum atomic E-state index is 0. The molecule has 0 bridgehead atoms. The van der Waals surface area contributed by atoms with Gasteiger partial charge in [-0.3, -0.25) is 0 Å². The van der Waals surface area contributed by atoms with Crippen LogP contribution in [0.4, 0.5) is 0 Å². The molecule has 5 atom stereocenters. The third-order valence-corrected chi connectivity index (χ3v) is 8.51. The maximum Gasteiger partial charge on any atom is -0.0391 e. The van der Waals surface area contributed by atoms with Gasteiger partial charge in [0, 0.05) is 0 Å². The van der Waals surface area contributed by atoms with Gasteiger partial charge in [-0.2, -0.15) is 0 Å². The Hall–Kier alpha value is -0.120. The molecule has 0 aromatic carbocycles. The Balaban J connectivity index is -0.000000349. The molecule has 0 amide bonds. The Morgan fingerprint density at radius 2 is 0.667 bits per heavy atom. The lowest BCUT2D eigenvalue weighted by Gasteiger charge is -2.35. The van der Waals surface area contributed by atoms with Gasteiger partial charge in [-0.15, -0.1) is 0 Å². The molecule has 3 heteroatoms. The number of hydrogen-bond acceptors (Lipinski definition) is 0. The molecule has 0 saturated heterocycles. The third-order valence-electron chi connectivity index (χ3n) is 8.51. The molecule has 30 heavy (non-hydrogen) atoms. The van der Waals surface area contributed by atoms with Crippen LogP contribution in [0.25, 0.3) is 0 Å². The van der Waals surface area contributed by atoms with E-state index in [4.69, 9.17) is 0 Å². The summed E-state index contributed by atoms with van der Waals surface area (Å²) in [6, 6.07) is 0. The largest absolute Gasteiger partial charge is 0.412 e. The lowest BCUT2D eigenvalue weighted by atomic mass is 9.71. The van der Waals surface area contributed by atoms with Gasteiger partial charge >= 0.3 is 0 Å². The smallest absolute Gasteiger partial charge is 0.0391 e. The summed E-state index contributed by atoms with van der Waals surface area (Å²) in [5, 5.41) is 0. The topological polar surface area (TPSA) is 94.5 Å². The molecule has 0 aliphatic heterocycles. The fourth-order valence-electron chi connectivity index (χ4n) is 5.60. The summed E-state index contributed by atoms with van der Waals surface area (Å²) in [7, 11) is 0. The Morgan fingerprint density at radius 3 is 1.00 bits per heavy atom. The van der Waals surface area contributed by atoms with Crippen LogP contribution in [-0.4, -0.2) is 16.4 Å². The van der Waals surface area contributed by atoms with Crippen molar-refractivity contribution in [2.45, 2.75) is 120 Å². The molecule has 6 N–H and O–H groups in total. The van der Waals surface area contributed by atoms with Crippen molar-refractivity contribution >= 4 is 0 Å². The van der Waals surface area contributed by atoms with E-state index in [0.29, 0.717) is 0 Å². The van der Waals surface area contributed by atoms with Gasteiger partial charge in [0.25, 0.3) is 0 Å². The van der Waals surface area contributed by atoms with E-state index in [0.717, 1.165) is 53.3 Å². The average Bonchev–Trinajstić information content (AvgIpc) is 2.60. The number of hydrogen-bond donors (Lipinski definition) is 0. The van der Waals surface area contributed by atoms with Crippen LogP contribution >= 0.6 is 0 Å². The second-order valence-corrected chi connectivity index (χ2v) is 11.6. The normalized spacial score (nSPS) is 40.5. The van der Waals surface area contributed by atoms with Crippen LogP contribution in [0.5, 0.6) is 0 Å². The molecule has 3 rings (SSSR count). The zero-order valence-corrected chi connectivity index (χ0v) is 22.1. The van der Waals surface area contributed by atoms with Gasteiger partial charge in [-0.25, -0.2) is 0 Å². The first-order chi connectivity index (χ1) is 12.6. The Labute approximate surface area is 190 Å². The summed E-state index contributed by atoms with van der Waals surface area (Å²) < 4.78 is 0. The van der Waals surface area contributed by atoms with Gasteiger partial charge in [-0.05, 0) is 72.5 Å². The summed E-state index contributed by atoms with van der Waals surface area (Å²) in [5.74, 6) is 8.85. The molecule has 0 aromatic heterocycles. The maximum atomic E-state index is 2.40. The van der Waals surface area contributed by atoms with Crippen molar-refractivity contribution in [1.29, 1.82) is 0 Å². The predicted octanol–water partition coefficient (Wildman–Crippen LogP) is 6.76. The van der Waals surface area contributed by atoms with Gasteiger partial charge in [-0.1, -0.05) is 101 Å². The van der Waals surface area contributed by atoms with Gasteiger partial charge in [0.2, 0.25) is 0 Å². The van der Waals surface area contributed by atoms with E-state index < -0.39 is 0 Å². The first-order valence-corrected chi connectivity index (χ1v) is 12.6. The Kier molecular flexibility index (Phi) is 20.0. The van der Waals surface area contributed by atoms with Crippen molar-refractivity contribution in [2.24, 2.45) is 53.3 Å². The molecule has 0 aromatic rings. The zero-order chi connectivity index (χ0) is 20.6. The van der Waals surface area contributed by atoms with E-state index in [1.807, 2.05) is 0 Å². The van der Waals surface area contributed by atoms with E-state index in [9.17, 15) is 0 Å². The molecule has 3 aliphatic carbocycles. The lowest BCUT2D eigenvalue weighted by molar-refractivity contribution is 0.151. The summed E-state index contributed by atoms with van der Waals surface area (Å²) in [4.78, 5) is 0. The van der Waals surface area contributed by atoms with Gasteiger partial charge < -0.3 is 16.4 Å². The highest BCUT2D eigenvalue weighted by molar-refractivity contribution is 4.77. The Morgan fingerprint density at radius 1 is 0.333 bits per heavy atom. The fourth-order valence-corrected chi connectivity index (χ4v) is 5.60. The van der Waals surface area contributed by atoms with Crippen LogP contribution < -0.4 is 0 Å². The minimum absolute atomic E-state index is 0. The van der Waals surface area contributed by atoms with Crippen LogP contribution in [0, 0.1) is 53.3 Å². The molecule has 0 heterocycles. The minimum Gasteiger partial charge on any atom is -0.412 e. The third kappa shape index (κ3) is 13.3. The second kappa shape index (κ2) is 17.4. The first-order valence-electron chi connectivity index (χ1n) is 12.6. The summed E-state index contributed by atoms with van der Waals surface area (Å²) in [5.41, 5.74) is 0.